The summed E-state index contributed by atoms with van der Waals surface area (Å²) in [6.07, 6.45) is 3.56. The highest BCUT2D eigenvalue weighted by Crippen LogP contribution is 2.32. The minimum atomic E-state index is -1.06. The predicted molar refractivity (Wildman–Crippen MR) is 206 cm³/mol. The van der Waals surface area contributed by atoms with E-state index in [4.69, 9.17) is 9.47 Å². The number of aliphatic carboxylic acids is 1. The summed E-state index contributed by atoms with van der Waals surface area (Å²) in [6.45, 7) is 11.2. The Morgan fingerprint density at radius 3 is 2.36 bits per heavy atom. The number of aliphatic hydroxyl groups excluding tert-OH is 1. The Bertz CT molecular complexity index is 1470. The number of hydrogen-bond donors (Lipinski definition) is 3. The summed E-state index contributed by atoms with van der Waals surface area (Å²) in [6, 6.07) is 6.35. The number of carboxylic acid groups (broad SMARTS) is 1. The van der Waals surface area contributed by atoms with Crippen LogP contribution in [-0.2, 0) is 25.5 Å². The Hall–Kier alpha value is -3.39. The van der Waals surface area contributed by atoms with Crippen LogP contribution in [0.25, 0.3) is 0 Å². The van der Waals surface area contributed by atoms with Crippen LogP contribution in [0.1, 0.15) is 107 Å². The van der Waals surface area contributed by atoms with Crippen molar-refractivity contribution in [3.63, 3.8) is 0 Å². The molecule has 3 rings (SSSR count). The van der Waals surface area contributed by atoms with Gasteiger partial charge in [-0.25, -0.2) is 4.98 Å². The third kappa shape index (κ3) is 12.9. The van der Waals surface area contributed by atoms with Crippen molar-refractivity contribution in [3.8, 4) is 5.75 Å². The number of piperidine rings is 1. The zero-order valence-electron chi connectivity index (χ0n) is 32.9. The summed E-state index contributed by atoms with van der Waals surface area (Å²) in [5.41, 5.74) is 1.04. The zero-order chi connectivity index (χ0) is 39.2. The first-order valence-corrected chi connectivity index (χ1v) is 19.9. The van der Waals surface area contributed by atoms with Gasteiger partial charge in [0.05, 0.1) is 25.7 Å². The third-order valence-corrected chi connectivity index (χ3v) is 11.7. The van der Waals surface area contributed by atoms with Crippen LogP contribution in [-0.4, -0.2) is 108 Å². The Kier molecular flexibility index (Phi) is 17.8. The second-order valence-electron chi connectivity index (χ2n) is 15.0. The van der Waals surface area contributed by atoms with E-state index < -0.39 is 35.9 Å². The highest BCUT2D eigenvalue weighted by molar-refractivity contribution is 7.09. The highest BCUT2D eigenvalue weighted by atomic mass is 32.1. The first-order valence-electron chi connectivity index (χ1n) is 19.0. The number of Topliss-reactive ketones (excluding diaryl/α,β-unsaturated/α-hetero) is 1. The predicted octanol–water partition coefficient (Wildman–Crippen LogP) is 5.63. The maximum Gasteiger partial charge on any atom is 0.306 e. The van der Waals surface area contributed by atoms with Gasteiger partial charge < -0.3 is 29.9 Å². The molecule has 2 amide bonds. The number of ketones is 1. The second kappa shape index (κ2) is 21.5. The molecule has 7 atom stereocenters. The lowest BCUT2D eigenvalue weighted by Crippen LogP contribution is -2.50. The molecular weight excluding hydrogens is 697 g/mol. The lowest BCUT2D eigenvalue weighted by Gasteiger charge is -2.39. The number of benzene rings is 1. The highest BCUT2D eigenvalue weighted by Gasteiger charge is 2.38. The molecule has 0 bridgehead atoms. The average Bonchev–Trinajstić information content (AvgIpc) is 3.64. The quantitative estimate of drug-likeness (QED) is 0.137. The molecule has 0 spiro atoms. The molecule has 0 radical (unpaired) electrons. The zero-order valence-corrected chi connectivity index (χ0v) is 33.7. The first-order chi connectivity index (χ1) is 25.2. The number of nitrogens with zero attached hydrogens (tertiary/aromatic N) is 3. The Morgan fingerprint density at radius 2 is 1.77 bits per heavy atom. The standard InChI is InChI=1S/C40H62N4O8S/c1-9-26(4)31(22-35(45)33-12-10-11-17-43(33)6)39(48)44(18-19-51-7)34(25(2)3)23-36(46)38-42-32(24-53-38)37(47)41-29(20-27(5)40(49)50)21-28-13-15-30(52-8)16-14-28/h13-16,24-27,29,31,33-34,36,46H,9-12,17-23H2,1-8H3,(H,41,47)(H,49,50). The fraction of sp³-hybridized carbons (Fsp3) is 0.675. The molecule has 1 aromatic carbocycles. The molecule has 1 aliphatic rings. The van der Waals surface area contributed by atoms with Crippen molar-refractivity contribution in [3.05, 3.63) is 45.9 Å². The van der Waals surface area contributed by atoms with Crippen molar-refractivity contribution in [2.75, 3.05) is 41.0 Å². The van der Waals surface area contributed by atoms with Gasteiger partial charge in [-0.1, -0.05) is 59.6 Å². The third-order valence-electron chi connectivity index (χ3n) is 10.7. The number of likely N-dealkylation sites (N-methyl/N-ethyl adjacent to an activating group) is 1. The fourth-order valence-corrected chi connectivity index (χ4v) is 7.95. The molecule has 12 nitrogen and oxygen atoms in total. The van der Waals surface area contributed by atoms with Gasteiger partial charge in [-0.05, 0) is 68.8 Å². The van der Waals surface area contributed by atoms with E-state index in [0.717, 1.165) is 49.1 Å². The topological polar surface area (TPSA) is 159 Å². The number of carboxylic acids is 1. The van der Waals surface area contributed by atoms with Crippen LogP contribution in [0.3, 0.4) is 0 Å². The van der Waals surface area contributed by atoms with Crippen LogP contribution < -0.4 is 10.1 Å². The van der Waals surface area contributed by atoms with Crippen molar-refractivity contribution in [1.82, 2.24) is 20.1 Å². The number of hydrogen-bond acceptors (Lipinski definition) is 10. The molecule has 3 N–H and O–H groups in total. The minimum absolute atomic E-state index is 0.0183. The van der Waals surface area contributed by atoms with Gasteiger partial charge in [-0.2, -0.15) is 0 Å². The molecule has 2 heterocycles. The van der Waals surface area contributed by atoms with E-state index in [1.54, 1.807) is 31.4 Å². The molecule has 1 aromatic heterocycles. The summed E-state index contributed by atoms with van der Waals surface area (Å²) in [5, 5.41) is 26.0. The maximum absolute atomic E-state index is 14.5. The summed E-state index contributed by atoms with van der Waals surface area (Å²) >= 11 is 1.16. The normalized spacial score (nSPS) is 18.4. The lowest BCUT2D eigenvalue weighted by molar-refractivity contribution is -0.145. The summed E-state index contributed by atoms with van der Waals surface area (Å²) in [4.78, 5) is 61.7. The number of ether oxygens (including phenoxy) is 2. The van der Waals surface area contributed by atoms with Gasteiger partial charge in [0, 0.05) is 49.9 Å². The molecule has 53 heavy (non-hydrogen) atoms. The number of carbonyl (C=O) groups excluding carboxylic acids is 3. The molecule has 296 valence electrons. The Labute approximate surface area is 319 Å². The number of aliphatic hydroxyl groups is 1. The van der Waals surface area contributed by atoms with Crippen molar-refractivity contribution in [1.29, 1.82) is 0 Å². The van der Waals surface area contributed by atoms with Gasteiger partial charge in [0.2, 0.25) is 5.91 Å². The molecule has 2 aromatic rings. The van der Waals surface area contributed by atoms with E-state index in [2.05, 4.69) is 15.2 Å². The molecule has 7 unspecified atom stereocenters. The smallest absolute Gasteiger partial charge is 0.306 e. The Balaban J connectivity index is 1.79. The van der Waals surface area contributed by atoms with Crippen molar-refractivity contribution in [2.24, 2.45) is 23.7 Å². The monoisotopic (exact) mass is 758 g/mol. The number of carbonyl (C=O) groups is 4. The number of nitrogens with one attached hydrogen (secondary N) is 1. The SMILES string of the molecule is CCC(C)C(CC(=O)C1CCCCN1C)C(=O)N(CCOC)C(CC(O)c1nc(C(=O)NC(Cc2ccc(OC)cc2)CC(C)C(=O)O)cs1)C(C)C. The summed E-state index contributed by atoms with van der Waals surface area (Å²) < 4.78 is 10.7. The molecule has 1 fully saturated rings. The van der Waals surface area contributed by atoms with E-state index in [-0.39, 0.29) is 60.6 Å². The maximum atomic E-state index is 14.5. The Morgan fingerprint density at radius 1 is 1.08 bits per heavy atom. The minimum Gasteiger partial charge on any atom is -0.497 e. The van der Waals surface area contributed by atoms with E-state index >= 15 is 0 Å². The van der Waals surface area contributed by atoms with Gasteiger partial charge in [0.25, 0.3) is 5.91 Å². The second-order valence-corrected chi connectivity index (χ2v) is 15.9. The number of rotatable bonds is 22. The largest absolute Gasteiger partial charge is 0.497 e. The molecular formula is C40H62N4O8S. The first kappa shape index (κ1) is 44.0. The molecule has 1 aliphatic heterocycles. The fourth-order valence-electron chi connectivity index (χ4n) is 7.15. The summed E-state index contributed by atoms with van der Waals surface area (Å²) in [7, 11) is 5.15. The average molecular weight is 759 g/mol. The van der Waals surface area contributed by atoms with Crippen LogP contribution in [0.15, 0.2) is 29.6 Å². The number of aromatic nitrogens is 1. The van der Waals surface area contributed by atoms with E-state index in [0.29, 0.717) is 30.3 Å². The molecule has 0 saturated carbocycles. The van der Waals surface area contributed by atoms with Gasteiger partial charge in [0.15, 0.2) is 5.78 Å². The lowest BCUT2D eigenvalue weighted by atomic mass is 9.82. The number of methoxy groups -OCH3 is 2. The molecule has 1 saturated heterocycles. The molecule has 0 aliphatic carbocycles. The van der Waals surface area contributed by atoms with Crippen LogP contribution in [0.2, 0.25) is 0 Å². The van der Waals surface area contributed by atoms with E-state index in [1.165, 1.54) is 0 Å². The van der Waals surface area contributed by atoms with Crippen molar-refractivity contribution in [2.45, 2.75) is 110 Å². The van der Waals surface area contributed by atoms with Crippen LogP contribution in [0.5, 0.6) is 5.75 Å². The number of likely N-dealkylation sites (tertiary alicyclic amines) is 1. The van der Waals surface area contributed by atoms with E-state index in [9.17, 15) is 29.4 Å². The van der Waals surface area contributed by atoms with Crippen molar-refractivity contribution < 1.29 is 38.9 Å². The number of thiazole rings is 1. The van der Waals surface area contributed by atoms with Gasteiger partial charge >= 0.3 is 5.97 Å². The van der Waals surface area contributed by atoms with E-state index in [1.807, 2.05) is 59.0 Å². The van der Waals surface area contributed by atoms with Gasteiger partial charge in [-0.15, -0.1) is 11.3 Å². The number of amides is 2. The van der Waals surface area contributed by atoms with Crippen LogP contribution >= 0.6 is 11.3 Å². The molecule has 13 heteroatoms. The van der Waals surface area contributed by atoms with Gasteiger partial charge in [0.1, 0.15) is 22.6 Å². The van der Waals surface area contributed by atoms with Crippen LogP contribution in [0, 0.1) is 23.7 Å². The summed E-state index contributed by atoms with van der Waals surface area (Å²) in [5.74, 6) is -1.95. The van der Waals surface area contributed by atoms with Gasteiger partial charge in [-0.3, -0.25) is 24.1 Å². The van der Waals surface area contributed by atoms with Crippen molar-refractivity contribution >= 4 is 34.9 Å². The van der Waals surface area contributed by atoms with Crippen LogP contribution in [0.4, 0.5) is 0 Å².